The number of halogens is 2. The first-order valence-corrected chi connectivity index (χ1v) is 8.20. The lowest BCUT2D eigenvalue weighted by Gasteiger charge is -2.13. The third-order valence-electron chi connectivity index (χ3n) is 3.39. The second-order valence-electron chi connectivity index (χ2n) is 5.01. The van der Waals surface area contributed by atoms with E-state index >= 15 is 0 Å². The molecule has 0 saturated carbocycles. The molecule has 1 aromatic carbocycles. The van der Waals surface area contributed by atoms with Crippen molar-refractivity contribution in [2.45, 2.75) is 13.5 Å². The predicted molar refractivity (Wildman–Crippen MR) is 98.9 cm³/mol. The van der Waals surface area contributed by atoms with Crippen molar-refractivity contribution < 1.29 is 0 Å². The van der Waals surface area contributed by atoms with Gasteiger partial charge < -0.3 is 0 Å². The number of nitrogens with zero attached hydrogens (tertiary/aromatic N) is 4. The summed E-state index contributed by atoms with van der Waals surface area (Å²) in [4.78, 5) is 24.6. The SMILES string of the molecule is CCn1c(-c2ccc(Cl)c(Cl)c2)nc(NNc2ccncc2)nc1=O. The van der Waals surface area contributed by atoms with Gasteiger partial charge in [0.05, 0.1) is 15.7 Å². The summed E-state index contributed by atoms with van der Waals surface area (Å²) in [5, 5.41) is 0.819. The molecule has 0 atom stereocenters. The van der Waals surface area contributed by atoms with Gasteiger partial charge in [-0.3, -0.25) is 20.4 Å². The zero-order valence-corrected chi connectivity index (χ0v) is 14.7. The van der Waals surface area contributed by atoms with Gasteiger partial charge in [-0.25, -0.2) is 4.79 Å². The average molecular weight is 377 g/mol. The first kappa shape index (κ1) is 17.2. The highest BCUT2D eigenvalue weighted by Crippen LogP contribution is 2.27. The van der Waals surface area contributed by atoms with Crippen LogP contribution in [0.15, 0.2) is 47.5 Å². The van der Waals surface area contributed by atoms with Gasteiger partial charge in [-0.05, 0) is 37.3 Å². The van der Waals surface area contributed by atoms with Crippen LogP contribution in [0.1, 0.15) is 6.92 Å². The lowest BCUT2D eigenvalue weighted by Crippen LogP contribution is -2.27. The van der Waals surface area contributed by atoms with E-state index in [1.165, 1.54) is 4.57 Å². The Balaban J connectivity index is 1.97. The van der Waals surface area contributed by atoms with Gasteiger partial charge in [-0.1, -0.05) is 23.2 Å². The largest absolute Gasteiger partial charge is 0.352 e. The molecular weight excluding hydrogens is 363 g/mol. The van der Waals surface area contributed by atoms with Gasteiger partial charge in [0.15, 0.2) is 0 Å². The van der Waals surface area contributed by atoms with Crippen LogP contribution in [-0.2, 0) is 6.54 Å². The van der Waals surface area contributed by atoms with Crippen LogP contribution in [0.3, 0.4) is 0 Å². The molecule has 2 N–H and O–H groups in total. The molecule has 0 spiro atoms. The van der Waals surface area contributed by atoms with Crippen LogP contribution in [0.25, 0.3) is 11.4 Å². The smallest absolute Gasteiger partial charge is 0.298 e. The molecule has 0 aliphatic heterocycles. The Bertz CT molecular complexity index is 945. The third-order valence-corrected chi connectivity index (χ3v) is 4.13. The van der Waals surface area contributed by atoms with Crippen molar-refractivity contribution in [2.75, 3.05) is 10.9 Å². The normalized spacial score (nSPS) is 10.5. The fourth-order valence-corrected chi connectivity index (χ4v) is 2.49. The molecule has 0 fully saturated rings. The molecule has 0 aliphatic rings. The van der Waals surface area contributed by atoms with Gasteiger partial charge in [-0.2, -0.15) is 9.97 Å². The van der Waals surface area contributed by atoms with E-state index in [0.717, 1.165) is 5.69 Å². The summed E-state index contributed by atoms with van der Waals surface area (Å²) in [6, 6.07) is 8.61. The molecule has 128 valence electrons. The molecule has 25 heavy (non-hydrogen) atoms. The number of pyridine rings is 1. The van der Waals surface area contributed by atoms with E-state index in [0.29, 0.717) is 28.0 Å². The van der Waals surface area contributed by atoms with Crippen LogP contribution in [0.2, 0.25) is 10.0 Å². The lowest BCUT2D eigenvalue weighted by molar-refractivity contribution is 0.688. The number of hydrazine groups is 1. The molecule has 0 amide bonds. The number of anilines is 2. The molecule has 3 aromatic rings. The molecule has 0 saturated heterocycles. The molecule has 3 rings (SSSR count). The summed E-state index contributed by atoms with van der Waals surface area (Å²) >= 11 is 12.0. The number of rotatable bonds is 5. The first-order chi connectivity index (χ1) is 12.1. The maximum atomic E-state index is 12.3. The Morgan fingerprint density at radius 3 is 2.48 bits per heavy atom. The minimum Gasteiger partial charge on any atom is -0.298 e. The second-order valence-corrected chi connectivity index (χ2v) is 5.83. The summed E-state index contributed by atoms with van der Waals surface area (Å²) < 4.78 is 1.46. The van der Waals surface area contributed by atoms with Crippen molar-refractivity contribution >= 4 is 34.8 Å². The highest BCUT2D eigenvalue weighted by Gasteiger charge is 2.12. The summed E-state index contributed by atoms with van der Waals surface area (Å²) in [7, 11) is 0. The Morgan fingerprint density at radius 2 is 1.80 bits per heavy atom. The topological polar surface area (TPSA) is 84.7 Å². The number of hydrogen-bond acceptors (Lipinski definition) is 6. The van der Waals surface area contributed by atoms with Gasteiger partial charge >= 0.3 is 5.69 Å². The molecular formula is C16H14Cl2N6O. The van der Waals surface area contributed by atoms with Crippen molar-refractivity contribution in [3.8, 4) is 11.4 Å². The molecule has 9 heteroatoms. The van der Waals surface area contributed by atoms with Crippen LogP contribution in [0, 0.1) is 0 Å². The monoisotopic (exact) mass is 376 g/mol. The van der Waals surface area contributed by atoms with Gasteiger partial charge in [0.2, 0.25) is 5.95 Å². The van der Waals surface area contributed by atoms with Crippen molar-refractivity contribution in [2.24, 2.45) is 0 Å². The fraction of sp³-hybridized carbons (Fsp3) is 0.125. The zero-order valence-electron chi connectivity index (χ0n) is 13.2. The van der Waals surface area contributed by atoms with Gasteiger partial charge in [0.25, 0.3) is 0 Å². The van der Waals surface area contributed by atoms with Crippen LogP contribution < -0.4 is 16.5 Å². The Kier molecular flexibility index (Phi) is 5.16. The van der Waals surface area contributed by atoms with Gasteiger partial charge in [0, 0.05) is 24.5 Å². The van der Waals surface area contributed by atoms with E-state index in [1.807, 2.05) is 6.92 Å². The fourth-order valence-electron chi connectivity index (χ4n) is 2.19. The van der Waals surface area contributed by atoms with Crippen LogP contribution in [0.4, 0.5) is 11.6 Å². The minimum absolute atomic E-state index is 0.146. The molecule has 0 radical (unpaired) electrons. The molecule has 0 unspecified atom stereocenters. The Labute approximate surface area is 153 Å². The predicted octanol–water partition coefficient (Wildman–Crippen LogP) is 3.47. The average Bonchev–Trinajstić information content (AvgIpc) is 2.62. The zero-order chi connectivity index (χ0) is 17.8. The summed E-state index contributed by atoms with van der Waals surface area (Å²) in [5.74, 6) is 0.590. The second kappa shape index (κ2) is 7.50. The standard InChI is InChI=1S/C16H14Cl2N6O/c1-2-24-14(10-3-4-12(17)13(18)9-10)20-15(21-16(24)25)23-22-11-5-7-19-8-6-11/h3-9H,2H2,1H3,(H,19,22)(H,21,23,25). The maximum absolute atomic E-state index is 12.3. The minimum atomic E-state index is -0.419. The number of benzene rings is 1. The molecule has 0 aliphatic carbocycles. The van der Waals surface area contributed by atoms with Gasteiger partial charge in [0.1, 0.15) is 5.82 Å². The van der Waals surface area contributed by atoms with E-state index < -0.39 is 5.69 Å². The molecule has 2 heterocycles. The number of nitrogens with one attached hydrogen (secondary N) is 2. The van der Waals surface area contributed by atoms with Crippen LogP contribution in [-0.4, -0.2) is 19.5 Å². The van der Waals surface area contributed by atoms with Crippen LogP contribution in [0.5, 0.6) is 0 Å². The highest BCUT2D eigenvalue weighted by molar-refractivity contribution is 6.42. The van der Waals surface area contributed by atoms with Crippen molar-refractivity contribution in [3.63, 3.8) is 0 Å². The van der Waals surface area contributed by atoms with E-state index in [-0.39, 0.29) is 5.95 Å². The highest BCUT2D eigenvalue weighted by atomic mass is 35.5. The summed E-state index contributed by atoms with van der Waals surface area (Å²) in [5.41, 5.74) is 6.74. The maximum Gasteiger partial charge on any atom is 0.352 e. The molecule has 2 aromatic heterocycles. The number of aromatic nitrogens is 4. The van der Waals surface area contributed by atoms with Crippen molar-refractivity contribution in [3.05, 3.63) is 63.3 Å². The summed E-state index contributed by atoms with van der Waals surface area (Å²) in [6.45, 7) is 2.26. The number of hydrogen-bond donors (Lipinski definition) is 2. The summed E-state index contributed by atoms with van der Waals surface area (Å²) in [6.07, 6.45) is 3.28. The van der Waals surface area contributed by atoms with E-state index in [4.69, 9.17) is 23.2 Å². The van der Waals surface area contributed by atoms with E-state index in [2.05, 4.69) is 25.8 Å². The van der Waals surface area contributed by atoms with E-state index in [1.54, 1.807) is 42.7 Å². The van der Waals surface area contributed by atoms with Crippen molar-refractivity contribution in [1.82, 2.24) is 19.5 Å². The van der Waals surface area contributed by atoms with Crippen molar-refractivity contribution in [1.29, 1.82) is 0 Å². The van der Waals surface area contributed by atoms with Crippen LogP contribution >= 0.6 is 23.2 Å². The Hall–Kier alpha value is -2.64. The van der Waals surface area contributed by atoms with E-state index in [9.17, 15) is 4.79 Å². The quantitative estimate of drug-likeness (QED) is 0.663. The Morgan fingerprint density at radius 1 is 1.04 bits per heavy atom. The molecule has 0 bridgehead atoms. The first-order valence-electron chi connectivity index (χ1n) is 7.45. The van der Waals surface area contributed by atoms with Gasteiger partial charge in [-0.15, -0.1) is 0 Å². The third kappa shape index (κ3) is 3.89. The molecule has 7 nitrogen and oxygen atoms in total. The lowest BCUT2D eigenvalue weighted by atomic mass is 10.2.